The van der Waals surface area contributed by atoms with Crippen molar-refractivity contribution >= 4 is 17.4 Å². The fourth-order valence-electron chi connectivity index (χ4n) is 2.35. The Labute approximate surface area is 115 Å². The van der Waals surface area contributed by atoms with E-state index in [4.69, 9.17) is 11.6 Å². The highest BCUT2D eigenvalue weighted by Crippen LogP contribution is 2.25. The van der Waals surface area contributed by atoms with Crippen molar-refractivity contribution in [2.75, 3.05) is 5.32 Å². The summed E-state index contributed by atoms with van der Waals surface area (Å²) in [5.41, 5.74) is 3.27. The quantitative estimate of drug-likeness (QED) is 0.935. The molecule has 19 heavy (non-hydrogen) atoms. The minimum atomic E-state index is -0.395. The highest BCUT2D eigenvalue weighted by molar-refractivity contribution is 6.30. The van der Waals surface area contributed by atoms with Crippen LogP contribution in [0.25, 0.3) is 0 Å². The Kier molecular flexibility index (Phi) is 3.34. The van der Waals surface area contributed by atoms with Gasteiger partial charge in [-0.1, -0.05) is 17.7 Å². The van der Waals surface area contributed by atoms with Crippen molar-refractivity contribution in [1.82, 2.24) is 9.97 Å². The van der Waals surface area contributed by atoms with Gasteiger partial charge < -0.3 is 5.32 Å². The number of fused-ring (bicyclic) bond motifs is 1. The molecule has 1 heterocycles. The van der Waals surface area contributed by atoms with Gasteiger partial charge in [-0.3, -0.25) is 0 Å². The van der Waals surface area contributed by atoms with Crippen LogP contribution < -0.4 is 5.32 Å². The van der Waals surface area contributed by atoms with Crippen LogP contribution >= 0.6 is 11.6 Å². The van der Waals surface area contributed by atoms with Crippen molar-refractivity contribution in [3.8, 4) is 0 Å². The first-order valence-electron chi connectivity index (χ1n) is 6.24. The van der Waals surface area contributed by atoms with E-state index in [2.05, 4.69) is 15.3 Å². The number of hydrogen-bond donors (Lipinski definition) is 1. The molecule has 0 unspecified atom stereocenters. The number of halogens is 2. The molecule has 98 valence electrons. The first kappa shape index (κ1) is 12.4. The minimum absolute atomic E-state index is 0.146. The van der Waals surface area contributed by atoms with E-state index in [1.165, 1.54) is 11.6 Å². The van der Waals surface area contributed by atoms with Crippen molar-refractivity contribution in [2.24, 2.45) is 0 Å². The first-order chi connectivity index (χ1) is 9.24. The second kappa shape index (κ2) is 5.13. The van der Waals surface area contributed by atoms with Gasteiger partial charge in [0.2, 0.25) is 0 Å². The lowest BCUT2D eigenvalue weighted by atomic mass is 10.2. The fraction of sp³-hybridized carbons (Fsp3) is 0.286. The topological polar surface area (TPSA) is 37.8 Å². The van der Waals surface area contributed by atoms with Crippen LogP contribution in [0, 0.1) is 5.82 Å². The van der Waals surface area contributed by atoms with E-state index < -0.39 is 5.82 Å². The molecule has 3 nitrogen and oxygen atoms in total. The summed E-state index contributed by atoms with van der Waals surface area (Å²) in [5.74, 6) is 0.483. The first-order valence-corrected chi connectivity index (χ1v) is 6.62. The Morgan fingerprint density at radius 3 is 3.00 bits per heavy atom. The van der Waals surface area contributed by atoms with Crippen LogP contribution in [-0.2, 0) is 19.4 Å². The maximum absolute atomic E-state index is 13.1. The highest BCUT2D eigenvalue weighted by Gasteiger charge is 2.16. The van der Waals surface area contributed by atoms with Crippen LogP contribution in [-0.4, -0.2) is 9.97 Å². The van der Waals surface area contributed by atoms with Crippen molar-refractivity contribution in [3.63, 3.8) is 0 Å². The second-order valence-corrected chi connectivity index (χ2v) is 5.01. The minimum Gasteiger partial charge on any atom is -0.366 e. The molecule has 2 aromatic rings. The summed E-state index contributed by atoms with van der Waals surface area (Å²) in [6, 6.07) is 4.73. The normalized spacial score (nSPS) is 13.4. The predicted octanol–water partition coefficient (Wildman–Crippen LogP) is 3.37. The predicted molar refractivity (Wildman–Crippen MR) is 72.8 cm³/mol. The summed E-state index contributed by atoms with van der Waals surface area (Å²) in [6.45, 7) is 0.573. The average molecular weight is 278 g/mol. The molecule has 0 atom stereocenters. The Morgan fingerprint density at radius 2 is 2.16 bits per heavy atom. The molecular weight excluding hydrogens is 265 g/mol. The maximum Gasteiger partial charge on any atom is 0.141 e. The van der Waals surface area contributed by atoms with E-state index in [1.54, 1.807) is 18.5 Å². The molecule has 1 aromatic carbocycles. The summed E-state index contributed by atoms with van der Waals surface area (Å²) >= 11 is 5.76. The van der Waals surface area contributed by atoms with E-state index in [0.29, 0.717) is 6.54 Å². The molecule has 0 spiro atoms. The number of aromatic nitrogens is 2. The lowest BCUT2D eigenvalue weighted by molar-refractivity contribution is 0.627. The Bertz CT molecular complexity index is 616. The van der Waals surface area contributed by atoms with E-state index in [1.807, 2.05) is 0 Å². The van der Waals surface area contributed by atoms with Crippen LogP contribution in [0.4, 0.5) is 10.2 Å². The molecule has 3 rings (SSSR count). The van der Waals surface area contributed by atoms with E-state index in [0.717, 1.165) is 36.3 Å². The van der Waals surface area contributed by atoms with Crippen LogP contribution in [0.3, 0.4) is 0 Å². The number of rotatable bonds is 3. The molecule has 0 aliphatic heterocycles. The zero-order valence-electron chi connectivity index (χ0n) is 10.3. The lowest BCUT2D eigenvalue weighted by Crippen LogP contribution is -2.05. The number of aryl methyl sites for hydroxylation is 1. The summed E-state index contributed by atoms with van der Waals surface area (Å²) in [5, 5.41) is 3.42. The van der Waals surface area contributed by atoms with Gasteiger partial charge in [0.15, 0.2) is 0 Å². The highest BCUT2D eigenvalue weighted by atomic mass is 35.5. The molecule has 0 bridgehead atoms. The molecule has 1 N–H and O–H groups in total. The lowest BCUT2D eigenvalue weighted by Gasteiger charge is -2.10. The number of anilines is 1. The van der Waals surface area contributed by atoms with Gasteiger partial charge in [-0.05, 0) is 37.0 Å². The molecule has 0 radical (unpaired) electrons. The molecule has 1 aliphatic carbocycles. The maximum atomic E-state index is 13.1. The molecule has 1 aliphatic rings. The molecule has 0 fully saturated rings. The van der Waals surface area contributed by atoms with Gasteiger partial charge in [-0.2, -0.15) is 0 Å². The summed E-state index contributed by atoms with van der Waals surface area (Å²) < 4.78 is 13.1. The Morgan fingerprint density at radius 1 is 1.26 bits per heavy atom. The standard InChI is InChI=1S/C14H13ClFN3/c15-11-6-9(4-5-12(11)16)7-17-14-10-2-1-3-13(10)18-8-19-14/h4-6,8H,1-3,7H2,(H,17,18,19). The smallest absolute Gasteiger partial charge is 0.141 e. The number of nitrogens with zero attached hydrogens (tertiary/aromatic N) is 2. The third-order valence-corrected chi connectivity index (χ3v) is 3.61. The second-order valence-electron chi connectivity index (χ2n) is 4.60. The average Bonchev–Trinajstić information content (AvgIpc) is 2.89. The van der Waals surface area contributed by atoms with Crippen molar-refractivity contribution in [3.05, 3.63) is 52.2 Å². The number of benzene rings is 1. The van der Waals surface area contributed by atoms with Gasteiger partial charge in [-0.25, -0.2) is 14.4 Å². The van der Waals surface area contributed by atoms with E-state index in [-0.39, 0.29) is 5.02 Å². The summed E-state index contributed by atoms with van der Waals surface area (Å²) in [6.07, 6.45) is 4.76. The number of hydrogen-bond acceptors (Lipinski definition) is 3. The van der Waals surface area contributed by atoms with Gasteiger partial charge in [0, 0.05) is 17.8 Å². The van der Waals surface area contributed by atoms with Gasteiger partial charge in [0.05, 0.1) is 5.02 Å². The third-order valence-electron chi connectivity index (χ3n) is 3.32. The zero-order valence-corrected chi connectivity index (χ0v) is 11.0. The summed E-state index contributed by atoms with van der Waals surface area (Å²) in [7, 11) is 0. The van der Waals surface area contributed by atoms with E-state index >= 15 is 0 Å². The SMILES string of the molecule is Fc1ccc(CNc2ncnc3c2CCC3)cc1Cl. The van der Waals surface area contributed by atoms with Crippen LogP contribution in [0.2, 0.25) is 5.02 Å². The van der Waals surface area contributed by atoms with Gasteiger partial charge in [0.25, 0.3) is 0 Å². The Balaban J connectivity index is 1.76. The van der Waals surface area contributed by atoms with Crippen molar-refractivity contribution in [1.29, 1.82) is 0 Å². The monoisotopic (exact) mass is 277 g/mol. The van der Waals surface area contributed by atoms with Crippen molar-refractivity contribution in [2.45, 2.75) is 25.8 Å². The van der Waals surface area contributed by atoms with Gasteiger partial charge >= 0.3 is 0 Å². The molecule has 0 saturated carbocycles. The van der Waals surface area contributed by atoms with Gasteiger partial charge in [-0.15, -0.1) is 0 Å². The molecule has 0 saturated heterocycles. The van der Waals surface area contributed by atoms with E-state index in [9.17, 15) is 4.39 Å². The third kappa shape index (κ3) is 2.54. The fourth-order valence-corrected chi connectivity index (χ4v) is 2.55. The Hall–Kier alpha value is -1.68. The largest absolute Gasteiger partial charge is 0.366 e. The van der Waals surface area contributed by atoms with Gasteiger partial charge in [0.1, 0.15) is 18.0 Å². The van der Waals surface area contributed by atoms with Crippen molar-refractivity contribution < 1.29 is 4.39 Å². The van der Waals surface area contributed by atoms with Crippen LogP contribution in [0.1, 0.15) is 23.2 Å². The molecule has 5 heteroatoms. The number of nitrogens with one attached hydrogen (secondary N) is 1. The summed E-state index contributed by atoms with van der Waals surface area (Å²) in [4.78, 5) is 8.55. The molecule has 1 aromatic heterocycles. The van der Waals surface area contributed by atoms with Crippen LogP contribution in [0.5, 0.6) is 0 Å². The molecule has 0 amide bonds. The zero-order chi connectivity index (χ0) is 13.2. The molecular formula is C14H13ClFN3. The van der Waals surface area contributed by atoms with Crippen LogP contribution in [0.15, 0.2) is 24.5 Å².